The number of ether oxygens (including phenoxy) is 1. The van der Waals surface area contributed by atoms with Gasteiger partial charge in [-0.15, -0.1) is 0 Å². The minimum atomic E-state index is -3.47. The van der Waals surface area contributed by atoms with Gasteiger partial charge >= 0.3 is 5.97 Å². The average molecular weight is 419 g/mol. The van der Waals surface area contributed by atoms with Gasteiger partial charge in [-0.25, -0.2) is 13.2 Å². The molecule has 0 unspecified atom stereocenters. The van der Waals surface area contributed by atoms with Crippen LogP contribution in [0, 0.1) is 13.8 Å². The maximum Gasteiger partial charge on any atom is 0.337 e. The van der Waals surface area contributed by atoms with Crippen LogP contribution < -0.4 is 9.62 Å². The van der Waals surface area contributed by atoms with E-state index in [0.717, 1.165) is 17.4 Å². The highest BCUT2D eigenvalue weighted by Crippen LogP contribution is 2.21. The maximum absolute atomic E-state index is 12.3. The third-order valence-corrected chi connectivity index (χ3v) is 5.58. The van der Waals surface area contributed by atoms with E-state index in [9.17, 15) is 18.0 Å². The van der Waals surface area contributed by atoms with Gasteiger partial charge in [-0.2, -0.15) is 0 Å². The number of nitrogens with one attached hydrogen (secondary N) is 1. The summed E-state index contributed by atoms with van der Waals surface area (Å²) in [6.45, 7) is 3.90. The van der Waals surface area contributed by atoms with Crippen molar-refractivity contribution in [1.29, 1.82) is 0 Å². The van der Waals surface area contributed by atoms with Crippen LogP contribution in [0.5, 0.6) is 0 Å². The standard InChI is InChI=1S/C21H26N2O5S/c1-15-7-5-8-18(13-15)23(29(4,26)27)12-6-9-20(24)22-19-14-17(21(25)28-3)11-10-16(19)2/h5,7-8,10-11,13-14H,6,9,12H2,1-4H3,(H,22,24). The molecule has 2 rings (SSSR count). The number of nitrogens with zero attached hydrogens (tertiary/aromatic N) is 1. The van der Waals surface area contributed by atoms with Crippen molar-refractivity contribution in [3.63, 3.8) is 0 Å². The number of aryl methyl sites for hydroxylation is 2. The first kappa shape index (κ1) is 22.4. The maximum atomic E-state index is 12.3. The van der Waals surface area contributed by atoms with E-state index in [0.29, 0.717) is 23.4 Å². The minimum absolute atomic E-state index is 0.139. The number of sulfonamides is 1. The largest absolute Gasteiger partial charge is 0.465 e. The van der Waals surface area contributed by atoms with Crippen molar-refractivity contribution in [2.75, 3.05) is 29.5 Å². The predicted octanol–water partition coefficient (Wildman–Crippen LogP) is 3.27. The van der Waals surface area contributed by atoms with Crippen LogP contribution in [0.15, 0.2) is 42.5 Å². The number of carbonyl (C=O) groups is 2. The Labute approximate surface area is 171 Å². The van der Waals surface area contributed by atoms with Gasteiger partial charge < -0.3 is 10.1 Å². The Bertz CT molecular complexity index is 1000. The molecule has 0 saturated heterocycles. The number of anilines is 2. The lowest BCUT2D eigenvalue weighted by Crippen LogP contribution is -2.31. The quantitative estimate of drug-likeness (QED) is 0.664. The third kappa shape index (κ3) is 6.32. The summed E-state index contributed by atoms with van der Waals surface area (Å²) in [6, 6.07) is 12.1. The van der Waals surface area contributed by atoms with Crippen molar-refractivity contribution in [2.24, 2.45) is 0 Å². The second-order valence-electron chi connectivity index (χ2n) is 6.85. The van der Waals surface area contributed by atoms with E-state index in [1.165, 1.54) is 11.4 Å². The average Bonchev–Trinajstić information content (AvgIpc) is 2.65. The molecule has 0 spiro atoms. The van der Waals surface area contributed by atoms with Crippen LogP contribution in [0.2, 0.25) is 0 Å². The van der Waals surface area contributed by atoms with E-state index in [1.54, 1.807) is 36.4 Å². The number of rotatable bonds is 8. The Morgan fingerprint density at radius 1 is 1.10 bits per heavy atom. The zero-order valence-electron chi connectivity index (χ0n) is 17.1. The monoisotopic (exact) mass is 418 g/mol. The molecule has 0 heterocycles. The van der Waals surface area contributed by atoms with Crippen molar-refractivity contribution in [2.45, 2.75) is 26.7 Å². The lowest BCUT2D eigenvalue weighted by Gasteiger charge is -2.22. The number of hydrogen-bond donors (Lipinski definition) is 1. The summed E-state index contributed by atoms with van der Waals surface area (Å²) < 4.78 is 30.3. The van der Waals surface area contributed by atoms with Crippen LogP contribution in [-0.4, -0.2) is 40.2 Å². The topological polar surface area (TPSA) is 92.8 Å². The Hall–Kier alpha value is -2.87. The Kier molecular flexibility index (Phi) is 7.39. The zero-order valence-corrected chi connectivity index (χ0v) is 17.9. The first-order valence-electron chi connectivity index (χ1n) is 9.15. The molecule has 2 aromatic rings. The van der Waals surface area contributed by atoms with Gasteiger partial charge in [0, 0.05) is 18.7 Å². The SMILES string of the molecule is COC(=O)c1ccc(C)c(NC(=O)CCCN(c2cccc(C)c2)S(C)(=O)=O)c1. The third-order valence-electron chi connectivity index (χ3n) is 4.39. The van der Waals surface area contributed by atoms with E-state index in [-0.39, 0.29) is 18.9 Å². The van der Waals surface area contributed by atoms with Crippen LogP contribution in [0.1, 0.15) is 34.3 Å². The molecule has 0 saturated carbocycles. The number of methoxy groups -OCH3 is 1. The molecule has 156 valence electrons. The lowest BCUT2D eigenvalue weighted by molar-refractivity contribution is -0.116. The highest BCUT2D eigenvalue weighted by atomic mass is 32.2. The van der Waals surface area contributed by atoms with Crippen molar-refractivity contribution >= 4 is 33.3 Å². The van der Waals surface area contributed by atoms with Gasteiger partial charge in [0.15, 0.2) is 0 Å². The number of benzene rings is 2. The van der Waals surface area contributed by atoms with E-state index in [1.807, 2.05) is 19.9 Å². The molecule has 0 atom stereocenters. The van der Waals surface area contributed by atoms with Crippen molar-refractivity contribution in [1.82, 2.24) is 0 Å². The first-order valence-corrected chi connectivity index (χ1v) is 11.0. The molecule has 7 nitrogen and oxygen atoms in total. The Morgan fingerprint density at radius 2 is 1.83 bits per heavy atom. The van der Waals surface area contributed by atoms with Crippen LogP contribution >= 0.6 is 0 Å². The molecule has 2 aromatic carbocycles. The van der Waals surface area contributed by atoms with Gasteiger partial charge in [-0.1, -0.05) is 18.2 Å². The molecule has 0 aliphatic heterocycles. The molecule has 0 fully saturated rings. The molecular formula is C21H26N2O5S. The van der Waals surface area contributed by atoms with Gasteiger partial charge in [0.2, 0.25) is 15.9 Å². The van der Waals surface area contributed by atoms with Crippen LogP contribution in [0.4, 0.5) is 11.4 Å². The molecule has 1 amide bonds. The van der Waals surface area contributed by atoms with Crippen LogP contribution in [0.25, 0.3) is 0 Å². The molecule has 0 aliphatic carbocycles. The first-order chi connectivity index (χ1) is 13.6. The van der Waals surface area contributed by atoms with Gasteiger partial charge in [-0.3, -0.25) is 9.10 Å². The lowest BCUT2D eigenvalue weighted by atomic mass is 10.1. The highest BCUT2D eigenvalue weighted by molar-refractivity contribution is 7.92. The molecule has 0 aromatic heterocycles. The van der Waals surface area contributed by atoms with Crippen molar-refractivity contribution in [3.05, 3.63) is 59.2 Å². The second kappa shape index (κ2) is 9.56. The normalized spacial score (nSPS) is 11.0. The summed E-state index contributed by atoms with van der Waals surface area (Å²) in [5, 5.41) is 2.78. The molecule has 0 bridgehead atoms. The fourth-order valence-electron chi connectivity index (χ4n) is 2.87. The number of esters is 1. The van der Waals surface area contributed by atoms with E-state index < -0.39 is 16.0 Å². The van der Waals surface area contributed by atoms with Crippen LogP contribution in [-0.2, 0) is 19.6 Å². The molecule has 8 heteroatoms. The van der Waals surface area contributed by atoms with E-state index in [4.69, 9.17) is 4.74 Å². The van der Waals surface area contributed by atoms with Gasteiger partial charge in [-0.05, 0) is 55.7 Å². The van der Waals surface area contributed by atoms with Crippen LogP contribution in [0.3, 0.4) is 0 Å². The van der Waals surface area contributed by atoms with Crippen molar-refractivity contribution in [3.8, 4) is 0 Å². The van der Waals surface area contributed by atoms with Crippen molar-refractivity contribution < 1.29 is 22.7 Å². The highest BCUT2D eigenvalue weighted by Gasteiger charge is 2.18. The summed E-state index contributed by atoms with van der Waals surface area (Å²) in [5.41, 5.74) is 3.21. The number of carbonyl (C=O) groups excluding carboxylic acids is 2. The summed E-state index contributed by atoms with van der Waals surface area (Å²) >= 11 is 0. The fourth-order valence-corrected chi connectivity index (χ4v) is 3.82. The minimum Gasteiger partial charge on any atom is -0.465 e. The van der Waals surface area contributed by atoms with E-state index >= 15 is 0 Å². The second-order valence-corrected chi connectivity index (χ2v) is 8.75. The summed E-state index contributed by atoms with van der Waals surface area (Å²) in [7, 11) is -2.17. The Morgan fingerprint density at radius 3 is 2.45 bits per heavy atom. The summed E-state index contributed by atoms with van der Waals surface area (Å²) in [6.07, 6.45) is 1.64. The molecule has 29 heavy (non-hydrogen) atoms. The predicted molar refractivity (Wildman–Crippen MR) is 114 cm³/mol. The van der Waals surface area contributed by atoms with E-state index in [2.05, 4.69) is 5.32 Å². The fraction of sp³-hybridized carbons (Fsp3) is 0.333. The van der Waals surface area contributed by atoms with Gasteiger partial charge in [0.1, 0.15) is 0 Å². The zero-order chi connectivity index (χ0) is 21.6. The smallest absolute Gasteiger partial charge is 0.337 e. The van der Waals surface area contributed by atoms with Gasteiger partial charge in [0.25, 0.3) is 0 Å². The molecule has 0 aliphatic rings. The molecular weight excluding hydrogens is 392 g/mol. The summed E-state index contributed by atoms with van der Waals surface area (Å²) in [4.78, 5) is 24.0. The number of amides is 1. The number of hydrogen-bond acceptors (Lipinski definition) is 5. The molecule has 1 N–H and O–H groups in total. The Balaban J connectivity index is 2.02. The summed E-state index contributed by atoms with van der Waals surface area (Å²) in [5.74, 6) is -0.741. The van der Waals surface area contributed by atoms with Gasteiger partial charge in [0.05, 0.1) is 24.6 Å². The molecule has 0 radical (unpaired) electrons.